The fraction of sp³-hybridized carbons (Fsp3) is 0.562. The van der Waals surface area contributed by atoms with Gasteiger partial charge in [-0.2, -0.15) is 4.98 Å². The van der Waals surface area contributed by atoms with Crippen LogP contribution in [0.4, 0.5) is 0 Å². The molecule has 0 radical (unpaired) electrons. The number of hydrogen-bond acceptors (Lipinski definition) is 7. The lowest BCUT2D eigenvalue weighted by Gasteiger charge is -2.12. The molecule has 0 aliphatic carbocycles. The molecule has 9 heteroatoms. The number of esters is 1. The van der Waals surface area contributed by atoms with Crippen LogP contribution < -0.4 is 5.32 Å². The minimum Gasteiger partial charge on any atom is -0.455 e. The first-order valence-electron chi connectivity index (χ1n) is 8.07. The average Bonchev–Trinajstić information content (AvgIpc) is 2.99. The Bertz CT molecular complexity index is 790. The number of carbonyl (C=O) groups excluding carboxylic acids is 2. The average molecular weight is 365 g/mol. The summed E-state index contributed by atoms with van der Waals surface area (Å²) >= 11 is 1.43. The molecule has 2 heterocycles. The number of thioether (sulfide) groups is 1. The van der Waals surface area contributed by atoms with Gasteiger partial charge in [0, 0.05) is 23.0 Å². The Morgan fingerprint density at radius 2 is 2.04 bits per heavy atom. The van der Waals surface area contributed by atoms with E-state index in [1.807, 2.05) is 34.0 Å². The molecule has 2 aromatic rings. The standard InChI is InChI=1S/C16H23N5O3S/c1-6-9(2)17-13(22)8-24-14(23)7-12-10(3)18-15-19-16(25-5)20-21(15)11(12)4/h9H,6-8H2,1-5H3,(H,17,22)/t9-/m0/s1. The molecule has 0 aromatic carbocycles. The molecule has 2 aromatic heterocycles. The third kappa shape index (κ3) is 4.68. The number of carbonyl (C=O) groups is 2. The first-order chi connectivity index (χ1) is 11.8. The number of ether oxygens (including phenoxy) is 1. The number of fused-ring (bicyclic) bond motifs is 1. The summed E-state index contributed by atoms with van der Waals surface area (Å²) in [5, 5.41) is 7.72. The predicted octanol–water partition coefficient (Wildman–Crippen LogP) is 1.46. The summed E-state index contributed by atoms with van der Waals surface area (Å²) < 4.78 is 6.70. The van der Waals surface area contributed by atoms with Gasteiger partial charge in [0.25, 0.3) is 11.7 Å². The van der Waals surface area contributed by atoms with Gasteiger partial charge in [-0.25, -0.2) is 9.50 Å². The van der Waals surface area contributed by atoms with Gasteiger partial charge in [-0.15, -0.1) is 5.10 Å². The fourth-order valence-electron chi connectivity index (χ4n) is 2.29. The number of nitrogens with one attached hydrogen (secondary N) is 1. The molecule has 0 saturated carbocycles. The second-order valence-corrected chi connectivity index (χ2v) is 6.56. The molecule has 1 atom stereocenters. The Hall–Kier alpha value is -2.16. The van der Waals surface area contributed by atoms with E-state index in [1.54, 1.807) is 4.52 Å². The van der Waals surface area contributed by atoms with Gasteiger partial charge < -0.3 is 10.1 Å². The van der Waals surface area contributed by atoms with Crippen molar-refractivity contribution in [2.75, 3.05) is 12.9 Å². The van der Waals surface area contributed by atoms with E-state index in [2.05, 4.69) is 20.4 Å². The molecule has 0 aliphatic heterocycles. The molecular weight excluding hydrogens is 342 g/mol. The fourth-order valence-corrected chi connectivity index (χ4v) is 2.63. The lowest BCUT2D eigenvalue weighted by Crippen LogP contribution is -2.35. The van der Waals surface area contributed by atoms with E-state index in [0.29, 0.717) is 16.6 Å². The number of nitrogens with zero attached hydrogens (tertiary/aromatic N) is 4. The van der Waals surface area contributed by atoms with E-state index in [4.69, 9.17) is 4.74 Å². The van der Waals surface area contributed by atoms with Crippen molar-refractivity contribution >= 4 is 29.4 Å². The van der Waals surface area contributed by atoms with Crippen molar-refractivity contribution in [2.45, 2.75) is 51.7 Å². The Labute approximate surface area is 150 Å². The Kier molecular flexibility index (Phi) is 6.35. The van der Waals surface area contributed by atoms with Crippen molar-refractivity contribution < 1.29 is 14.3 Å². The van der Waals surface area contributed by atoms with Gasteiger partial charge in [-0.3, -0.25) is 9.59 Å². The first kappa shape index (κ1) is 19.2. The van der Waals surface area contributed by atoms with Crippen molar-refractivity contribution in [3.05, 3.63) is 17.0 Å². The van der Waals surface area contributed by atoms with Crippen molar-refractivity contribution in [3.63, 3.8) is 0 Å². The molecule has 0 bridgehead atoms. The first-order valence-corrected chi connectivity index (χ1v) is 9.30. The van der Waals surface area contributed by atoms with Gasteiger partial charge in [-0.05, 0) is 33.4 Å². The molecule has 0 spiro atoms. The number of rotatable bonds is 7. The summed E-state index contributed by atoms with van der Waals surface area (Å²) in [6, 6.07) is 0.0558. The lowest BCUT2D eigenvalue weighted by atomic mass is 10.1. The van der Waals surface area contributed by atoms with E-state index in [1.165, 1.54) is 11.8 Å². The lowest BCUT2D eigenvalue weighted by molar-refractivity contribution is -0.148. The van der Waals surface area contributed by atoms with Crippen LogP contribution >= 0.6 is 11.8 Å². The number of hydrogen-bond donors (Lipinski definition) is 1. The highest BCUT2D eigenvalue weighted by Gasteiger charge is 2.17. The number of amides is 1. The maximum Gasteiger partial charge on any atom is 0.310 e. The third-order valence-electron chi connectivity index (χ3n) is 3.92. The van der Waals surface area contributed by atoms with Crippen LogP contribution in [0, 0.1) is 13.8 Å². The SMILES string of the molecule is CC[C@H](C)NC(=O)COC(=O)Cc1c(C)nc2nc(SC)nn2c1C. The Morgan fingerprint density at radius 1 is 1.32 bits per heavy atom. The zero-order valence-corrected chi connectivity index (χ0v) is 15.9. The molecule has 136 valence electrons. The predicted molar refractivity (Wildman–Crippen MR) is 94.6 cm³/mol. The smallest absolute Gasteiger partial charge is 0.310 e. The van der Waals surface area contributed by atoms with E-state index in [0.717, 1.165) is 17.7 Å². The Balaban J connectivity index is 2.06. The third-order valence-corrected chi connectivity index (χ3v) is 4.46. The topological polar surface area (TPSA) is 98.5 Å². The minimum atomic E-state index is -0.475. The molecule has 2 rings (SSSR count). The second-order valence-electron chi connectivity index (χ2n) is 5.79. The van der Waals surface area contributed by atoms with E-state index in [9.17, 15) is 9.59 Å². The van der Waals surface area contributed by atoms with Gasteiger partial charge >= 0.3 is 5.97 Å². The molecule has 8 nitrogen and oxygen atoms in total. The molecule has 0 aliphatic rings. The summed E-state index contributed by atoms with van der Waals surface area (Å²) in [5.41, 5.74) is 2.22. The maximum atomic E-state index is 12.1. The van der Waals surface area contributed by atoms with Crippen molar-refractivity contribution in [1.82, 2.24) is 24.9 Å². The van der Waals surface area contributed by atoms with E-state index >= 15 is 0 Å². The molecule has 0 fully saturated rings. The largest absolute Gasteiger partial charge is 0.455 e. The monoisotopic (exact) mass is 365 g/mol. The van der Waals surface area contributed by atoms with Crippen LogP contribution in [0.3, 0.4) is 0 Å². The highest BCUT2D eigenvalue weighted by atomic mass is 32.2. The molecular formula is C16H23N5O3S. The highest BCUT2D eigenvalue weighted by Crippen LogP contribution is 2.17. The quantitative estimate of drug-likeness (QED) is 0.586. The minimum absolute atomic E-state index is 0.0334. The second kappa shape index (κ2) is 8.28. The van der Waals surface area contributed by atoms with Crippen LogP contribution in [0.5, 0.6) is 0 Å². The van der Waals surface area contributed by atoms with Crippen molar-refractivity contribution in [1.29, 1.82) is 0 Å². The van der Waals surface area contributed by atoms with Crippen LogP contribution in [0.25, 0.3) is 5.78 Å². The normalized spacial score (nSPS) is 12.2. The summed E-state index contributed by atoms with van der Waals surface area (Å²) in [7, 11) is 0. The summed E-state index contributed by atoms with van der Waals surface area (Å²) in [5.74, 6) is -0.271. The molecule has 0 saturated heterocycles. The summed E-state index contributed by atoms with van der Waals surface area (Å²) in [4.78, 5) is 32.5. The van der Waals surface area contributed by atoms with Crippen LogP contribution in [0.15, 0.2) is 5.16 Å². The summed E-state index contributed by atoms with van der Waals surface area (Å²) in [6.07, 6.45) is 2.74. The summed E-state index contributed by atoms with van der Waals surface area (Å²) in [6.45, 7) is 7.26. The Morgan fingerprint density at radius 3 is 2.68 bits per heavy atom. The van der Waals surface area contributed by atoms with Crippen molar-refractivity contribution in [3.8, 4) is 0 Å². The van der Waals surface area contributed by atoms with Crippen LogP contribution in [-0.4, -0.2) is 50.4 Å². The van der Waals surface area contributed by atoms with Gasteiger partial charge in [0.05, 0.1) is 6.42 Å². The zero-order chi connectivity index (χ0) is 18.6. The zero-order valence-electron chi connectivity index (χ0n) is 15.1. The van der Waals surface area contributed by atoms with Crippen LogP contribution in [0.2, 0.25) is 0 Å². The van der Waals surface area contributed by atoms with Gasteiger partial charge in [0.15, 0.2) is 6.61 Å². The van der Waals surface area contributed by atoms with Gasteiger partial charge in [0.1, 0.15) is 0 Å². The van der Waals surface area contributed by atoms with E-state index in [-0.39, 0.29) is 25.0 Å². The van der Waals surface area contributed by atoms with Gasteiger partial charge in [0.2, 0.25) is 5.16 Å². The molecule has 0 unspecified atom stereocenters. The van der Waals surface area contributed by atoms with Crippen LogP contribution in [0.1, 0.15) is 37.2 Å². The van der Waals surface area contributed by atoms with Crippen molar-refractivity contribution in [2.24, 2.45) is 0 Å². The van der Waals surface area contributed by atoms with Gasteiger partial charge in [-0.1, -0.05) is 18.7 Å². The maximum absolute atomic E-state index is 12.1. The number of aryl methyl sites for hydroxylation is 2. The van der Waals surface area contributed by atoms with Crippen LogP contribution in [-0.2, 0) is 20.7 Å². The highest BCUT2D eigenvalue weighted by molar-refractivity contribution is 7.98. The molecule has 1 N–H and O–H groups in total. The molecule has 1 amide bonds. The number of aromatic nitrogens is 4. The molecule has 25 heavy (non-hydrogen) atoms. The van der Waals surface area contributed by atoms with E-state index < -0.39 is 5.97 Å².